The Balaban J connectivity index is 1.69. The normalized spacial score (nSPS) is 36.0. The maximum absolute atomic E-state index is 5.70. The van der Waals surface area contributed by atoms with Crippen molar-refractivity contribution < 1.29 is 9.47 Å². The van der Waals surface area contributed by atoms with Crippen LogP contribution in [0.4, 0.5) is 0 Å². The number of hydrogen-bond acceptors (Lipinski definition) is 2. The standard InChI is InChI=1S/C11H20O2/c1-3-7-12-10(5-1)9-11-6-2-4-8-13-11/h10-11H,1-9H2/t10-,11-/m1/s1. The van der Waals surface area contributed by atoms with E-state index in [0.29, 0.717) is 12.2 Å². The van der Waals surface area contributed by atoms with Crippen molar-refractivity contribution in [3.8, 4) is 0 Å². The fourth-order valence-corrected chi connectivity index (χ4v) is 2.28. The Morgan fingerprint density at radius 2 is 1.31 bits per heavy atom. The van der Waals surface area contributed by atoms with Gasteiger partial charge in [0.25, 0.3) is 0 Å². The van der Waals surface area contributed by atoms with Crippen molar-refractivity contribution in [2.24, 2.45) is 0 Å². The molecule has 0 aromatic rings. The van der Waals surface area contributed by atoms with Crippen LogP contribution in [0.15, 0.2) is 0 Å². The number of ether oxygens (including phenoxy) is 2. The Bertz CT molecular complexity index is 119. The zero-order chi connectivity index (χ0) is 8.93. The van der Waals surface area contributed by atoms with E-state index in [1.807, 2.05) is 0 Å². The molecule has 2 fully saturated rings. The summed E-state index contributed by atoms with van der Waals surface area (Å²) in [5.74, 6) is 0. The maximum Gasteiger partial charge on any atom is 0.0599 e. The molecule has 2 heteroatoms. The zero-order valence-electron chi connectivity index (χ0n) is 8.34. The summed E-state index contributed by atoms with van der Waals surface area (Å²) in [6.07, 6.45) is 9.83. The molecule has 2 rings (SSSR count). The van der Waals surface area contributed by atoms with Gasteiger partial charge in [0.1, 0.15) is 0 Å². The first kappa shape index (κ1) is 9.47. The predicted octanol–water partition coefficient (Wildman–Crippen LogP) is 2.51. The van der Waals surface area contributed by atoms with E-state index in [-0.39, 0.29) is 0 Å². The second kappa shape index (κ2) is 4.97. The van der Waals surface area contributed by atoms with Crippen LogP contribution in [0.2, 0.25) is 0 Å². The molecule has 0 N–H and O–H groups in total. The lowest BCUT2D eigenvalue weighted by molar-refractivity contribution is -0.0512. The monoisotopic (exact) mass is 184 g/mol. The highest BCUT2D eigenvalue weighted by atomic mass is 16.5. The van der Waals surface area contributed by atoms with Gasteiger partial charge in [-0.05, 0) is 44.9 Å². The van der Waals surface area contributed by atoms with Crippen LogP contribution in [-0.2, 0) is 9.47 Å². The second-order valence-electron chi connectivity index (χ2n) is 4.21. The molecule has 0 unspecified atom stereocenters. The largest absolute Gasteiger partial charge is 0.378 e. The van der Waals surface area contributed by atoms with E-state index in [0.717, 1.165) is 19.6 Å². The van der Waals surface area contributed by atoms with Crippen molar-refractivity contribution in [2.45, 2.75) is 57.2 Å². The quantitative estimate of drug-likeness (QED) is 0.656. The minimum atomic E-state index is 0.497. The molecule has 0 radical (unpaired) electrons. The van der Waals surface area contributed by atoms with Gasteiger partial charge in [-0.15, -0.1) is 0 Å². The van der Waals surface area contributed by atoms with Crippen LogP contribution in [0.3, 0.4) is 0 Å². The summed E-state index contributed by atoms with van der Waals surface area (Å²) in [7, 11) is 0. The lowest BCUT2D eigenvalue weighted by Gasteiger charge is -2.29. The molecule has 0 amide bonds. The van der Waals surface area contributed by atoms with Gasteiger partial charge in [-0.25, -0.2) is 0 Å². The van der Waals surface area contributed by atoms with Crippen LogP contribution in [0.1, 0.15) is 44.9 Å². The van der Waals surface area contributed by atoms with Crippen LogP contribution in [-0.4, -0.2) is 25.4 Å². The average molecular weight is 184 g/mol. The third-order valence-corrected chi connectivity index (χ3v) is 3.07. The SMILES string of the molecule is C1CC[C@H](C[C@H]2CCCCO2)OC1. The molecule has 0 aromatic heterocycles. The Labute approximate surface area is 80.6 Å². The fraction of sp³-hybridized carbons (Fsp3) is 1.00. The van der Waals surface area contributed by atoms with Crippen molar-refractivity contribution in [1.29, 1.82) is 0 Å². The molecule has 2 aliphatic heterocycles. The Morgan fingerprint density at radius 1 is 0.769 bits per heavy atom. The molecule has 13 heavy (non-hydrogen) atoms. The predicted molar refractivity (Wildman–Crippen MR) is 51.8 cm³/mol. The lowest BCUT2D eigenvalue weighted by Crippen LogP contribution is -2.28. The highest BCUT2D eigenvalue weighted by Gasteiger charge is 2.21. The Hall–Kier alpha value is -0.0800. The Morgan fingerprint density at radius 3 is 1.69 bits per heavy atom. The van der Waals surface area contributed by atoms with Gasteiger partial charge in [-0.3, -0.25) is 0 Å². The molecular weight excluding hydrogens is 164 g/mol. The molecule has 76 valence electrons. The average Bonchev–Trinajstić information content (AvgIpc) is 2.21. The van der Waals surface area contributed by atoms with Crippen LogP contribution in [0.5, 0.6) is 0 Å². The highest BCUT2D eigenvalue weighted by Crippen LogP contribution is 2.23. The van der Waals surface area contributed by atoms with E-state index < -0.39 is 0 Å². The van der Waals surface area contributed by atoms with Crippen LogP contribution in [0, 0.1) is 0 Å². The van der Waals surface area contributed by atoms with E-state index in [2.05, 4.69) is 0 Å². The number of hydrogen-bond donors (Lipinski definition) is 0. The van der Waals surface area contributed by atoms with Gasteiger partial charge >= 0.3 is 0 Å². The van der Waals surface area contributed by atoms with E-state index in [1.54, 1.807) is 0 Å². The summed E-state index contributed by atoms with van der Waals surface area (Å²) in [5.41, 5.74) is 0. The van der Waals surface area contributed by atoms with E-state index >= 15 is 0 Å². The van der Waals surface area contributed by atoms with Gasteiger partial charge in [-0.2, -0.15) is 0 Å². The van der Waals surface area contributed by atoms with Crippen molar-refractivity contribution in [3.05, 3.63) is 0 Å². The molecular formula is C11H20O2. The third-order valence-electron chi connectivity index (χ3n) is 3.07. The third kappa shape index (κ3) is 2.96. The smallest absolute Gasteiger partial charge is 0.0599 e. The van der Waals surface area contributed by atoms with Gasteiger partial charge in [0.2, 0.25) is 0 Å². The first-order chi connectivity index (χ1) is 6.45. The molecule has 0 bridgehead atoms. The Kier molecular flexibility index (Phi) is 3.62. The van der Waals surface area contributed by atoms with Crippen molar-refractivity contribution in [2.75, 3.05) is 13.2 Å². The molecule has 2 saturated heterocycles. The first-order valence-corrected chi connectivity index (χ1v) is 5.68. The molecule has 0 aromatic carbocycles. The minimum Gasteiger partial charge on any atom is -0.378 e. The van der Waals surface area contributed by atoms with Crippen LogP contribution < -0.4 is 0 Å². The molecule has 2 aliphatic rings. The van der Waals surface area contributed by atoms with E-state index in [9.17, 15) is 0 Å². The highest BCUT2D eigenvalue weighted by molar-refractivity contribution is 4.71. The summed E-state index contributed by atoms with van der Waals surface area (Å²) in [6.45, 7) is 1.94. The maximum atomic E-state index is 5.70. The van der Waals surface area contributed by atoms with Crippen molar-refractivity contribution in [3.63, 3.8) is 0 Å². The van der Waals surface area contributed by atoms with E-state index in [4.69, 9.17) is 9.47 Å². The summed E-state index contributed by atoms with van der Waals surface area (Å²) in [5, 5.41) is 0. The molecule has 2 nitrogen and oxygen atoms in total. The molecule has 0 aliphatic carbocycles. The topological polar surface area (TPSA) is 18.5 Å². The minimum absolute atomic E-state index is 0.497. The van der Waals surface area contributed by atoms with Crippen LogP contribution in [0.25, 0.3) is 0 Å². The van der Waals surface area contributed by atoms with Gasteiger partial charge in [0.15, 0.2) is 0 Å². The fourth-order valence-electron chi connectivity index (χ4n) is 2.28. The summed E-state index contributed by atoms with van der Waals surface area (Å²) in [6, 6.07) is 0. The summed E-state index contributed by atoms with van der Waals surface area (Å²) in [4.78, 5) is 0. The van der Waals surface area contributed by atoms with Gasteiger partial charge in [0.05, 0.1) is 12.2 Å². The van der Waals surface area contributed by atoms with E-state index in [1.165, 1.54) is 38.5 Å². The van der Waals surface area contributed by atoms with Crippen LogP contribution >= 0.6 is 0 Å². The molecule has 2 atom stereocenters. The van der Waals surface area contributed by atoms with Crippen molar-refractivity contribution in [1.82, 2.24) is 0 Å². The molecule has 0 spiro atoms. The molecule has 2 heterocycles. The first-order valence-electron chi connectivity index (χ1n) is 5.68. The molecule has 0 saturated carbocycles. The zero-order valence-corrected chi connectivity index (χ0v) is 8.34. The van der Waals surface area contributed by atoms with Gasteiger partial charge < -0.3 is 9.47 Å². The summed E-state index contributed by atoms with van der Waals surface area (Å²) < 4.78 is 11.4. The van der Waals surface area contributed by atoms with Crippen molar-refractivity contribution >= 4 is 0 Å². The second-order valence-corrected chi connectivity index (χ2v) is 4.21. The van der Waals surface area contributed by atoms with Gasteiger partial charge in [-0.1, -0.05) is 0 Å². The number of rotatable bonds is 2. The lowest BCUT2D eigenvalue weighted by atomic mass is 9.99. The summed E-state index contributed by atoms with van der Waals surface area (Å²) >= 11 is 0. The van der Waals surface area contributed by atoms with Gasteiger partial charge in [0, 0.05) is 13.2 Å².